The van der Waals surface area contributed by atoms with Gasteiger partial charge in [-0.1, -0.05) is 45.0 Å². The van der Waals surface area contributed by atoms with Crippen LogP contribution in [0.5, 0.6) is 0 Å². The predicted octanol–water partition coefficient (Wildman–Crippen LogP) is 5.39. The average molecular weight is 469 g/mol. The Morgan fingerprint density at radius 1 is 1.11 bits per heavy atom. The fraction of sp³-hybridized carbons (Fsp3) is 0.300. The highest BCUT2D eigenvalue weighted by Gasteiger charge is 2.21. The van der Waals surface area contributed by atoms with Gasteiger partial charge >= 0.3 is 0 Å². The molecule has 0 spiro atoms. The standard InChI is InChI=1S/C20H22BrN3OS.ClH/c1-14-5-7-15(8-6-14)19(25)24(12-4-11-23(2)3)20-22-17-10-9-16(21)13-18(17)26-20;/h5-10,13H,4,11-12H2,1-3H3;1H. The second-order valence-corrected chi connectivity index (χ2v) is 8.51. The first-order chi connectivity index (χ1) is 12.4. The largest absolute Gasteiger partial charge is 0.309 e. The molecule has 4 nitrogen and oxygen atoms in total. The number of amides is 1. The predicted molar refractivity (Wildman–Crippen MR) is 121 cm³/mol. The number of halogens is 2. The normalized spacial score (nSPS) is 10.9. The molecule has 0 N–H and O–H groups in total. The van der Waals surface area contributed by atoms with Crippen LogP contribution in [-0.4, -0.2) is 43.0 Å². The summed E-state index contributed by atoms with van der Waals surface area (Å²) in [5.74, 6) is 0.00174. The molecule has 144 valence electrons. The first-order valence-corrected chi connectivity index (χ1v) is 10.1. The smallest absolute Gasteiger partial charge is 0.260 e. The lowest BCUT2D eigenvalue weighted by Gasteiger charge is -2.21. The van der Waals surface area contributed by atoms with Gasteiger partial charge in [-0.3, -0.25) is 9.69 Å². The number of carbonyl (C=O) groups is 1. The monoisotopic (exact) mass is 467 g/mol. The van der Waals surface area contributed by atoms with Crippen LogP contribution >= 0.6 is 39.7 Å². The number of hydrogen-bond donors (Lipinski definition) is 0. The number of fused-ring (bicyclic) bond motifs is 1. The molecule has 1 amide bonds. The van der Waals surface area contributed by atoms with Crippen LogP contribution in [0.15, 0.2) is 46.9 Å². The van der Waals surface area contributed by atoms with E-state index in [9.17, 15) is 4.79 Å². The summed E-state index contributed by atoms with van der Waals surface area (Å²) in [6, 6.07) is 13.7. The molecule has 0 fully saturated rings. The lowest BCUT2D eigenvalue weighted by atomic mass is 10.1. The Kier molecular flexibility index (Phi) is 7.79. The van der Waals surface area contributed by atoms with Crippen molar-refractivity contribution < 1.29 is 4.79 Å². The summed E-state index contributed by atoms with van der Waals surface area (Å²) in [5, 5.41) is 0.752. The Labute approximate surface area is 178 Å². The molecular formula is C20H23BrClN3OS. The van der Waals surface area contributed by atoms with Gasteiger partial charge in [-0.05, 0) is 64.3 Å². The molecule has 0 aliphatic carbocycles. The van der Waals surface area contributed by atoms with Crippen LogP contribution in [0.4, 0.5) is 5.13 Å². The number of anilines is 1. The van der Waals surface area contributed by atoms with Crippen LogP contribution in [0.25, 0.3) is 10.2 Å². The second kappa shape index (κ2) is 9.64. The number of nitrogens with zero attached hydrogens (tertiary/aromatic N) is 3. The average Bonchev–Trinajstić information content (AvgIpc) is 3.01. The number of thiazole rings is 1. The molecule has 3 rings (SSSR count). The van der Waals surface area contributed by atoms with E-state index >= 15 is 0 Å². The molecule has 7 heteroatoms. The third kappa shape index (κ3) is 5.51. The van der Waals surface area contributed by atoms with Crippen LogP contribution in [0.2, 0.25) is 0 Å². The molecular weight excluding hydrogens is 446 g/mol. The van der Waals surface area contributed by atoms with Gasteiger partial charge in [0, 0.05) is 16.6 Å². The molecule has 1 heterocycles. The Balaban J connectivity index is 0.00000261. The van der Waals surface area contributed by atoms with E-state index in [1.54, 1.807) is 11.3 Å². The van der Waals surface area contributed by atoms with E-state index < -0.39 is 0 Å². The van der Waals surface area contributed by atoms with Gasteiger partial charge in [0.15, 0.2) is 5.13 Å². The van der Waals surface area contributed by atoms with Gasteiger partial charge in [-0.15, -0.1) is 12.4 Å². The van der Waals surface area contributed by atoms with Crippen molar-refractivity contribution in [1.29, 1.82) is 0 Å². The Morgan fingerprint density at radius 2 is 1.81 bits per heavy atom. The zero-order valence-corrected chi connectivity index (χ0v) is 18.8. The topological polar surface area (TPSA) is 36.4 Å². The highest BCUT2D eigenvalue weighted by molar-refractivity contribution is 9.10. The first-order valence-electron chi connectivity index (χ1n) is 8.53. The maximum Gasteiger partial charge on any atom is 0.260 e. The molecule has 0 radical (unpaired) electrons. The minimum atomic E-state index is 0. The highest BCUT2D eigenvalue weighted by atomic mass is 79.9. The number of rotatable bonds is 6. The molecule has 0 unspecified atom stereocenters. The zero-order chi connectivity index (χ0) is 18.7. The van der Waals surface area contributed by atoms with Gasteiger partial charge < -0.3 is 4.90 Å². The van der Waals surface area contributed by atoms with Crippen molar-refractivity contribution >= 4 is 60.9 Å². The van der Waals surface area contributed by atoms with Crippen LogP contribution in [-0.2, 0) is 0 Å². The van der Waals surface area contributed by atoms with E-state index in [0.29, 0.717) is 12.1 Å². The second-order valence-electron chi connectivity index (χ2n) is 6.59. The number of carbonyl (C=O) groups excluding carboxylic acids is 1. The van der Waals surface area contributed by atoms with E-state index in [-0.39, 0.29) is 18.3 Å². The summed E-state index contributed by atoms with van der Waals surface area (Å²) in [6.07, 6.45) is 0.893. The van der Waals surface area contributed by atoms with Gasteiger partial charge in [0.05, 0.1) is 10.2 Å². The molecule has 1 aromatic heterocycles. The molecule has 0 bridgehead atoms. The lowest BCUT2D eigenvalue weighted by Crippen LogP contribution is -2.33. The Bertz CT molecular complexity index is 911. The van der Waals surface area contributed by atoms with E-state index in [4.69, 9.17) is 4.98 Å². The van der Waals surface area contributed by atoms with E-state index in [1.807, 2.05) is 68.4 Å². The van der Waals surface area contributed by atoms with Crippen molar-refractivity contribution in [2.75, 3.05) is 32.1 Å². The van der Waals surface area contributed by atoms with Gasteiger partial charge in [-0.25, -0.2) is 4.98 Å². The van der Waals surface area contributed by atoms with Crippen molar-refractivity contribution in [3.63, 3.8) is 0 Å². The summed E-state index contributed by atoms with van der Waals surface area (Å²) < 4.78 is 2.09. The Hall–Kier alpha value is -1.47. The van der Waals surface area contributed by atoms with Crippen LogP contribution in [0.1, 0.15) is 22.3 Å². The fourth-order valence-electron chi connectivity index (χ4n) is 2.68. The third-order valence-corrected chi connectivity index (χ3v) is 5.64. The summed E-state index contributed by atoms with van der Waals surface area (Å²) in [7, 11) is 4.09. The van der Waals surface area contributed by atoms with Gasteiger partial charge in [-0.2, -0.15) is 0 Å². The molecule has 0 saturated heterocycles. The summed E-state index contributed by atoms with van der Waals surface area (Å²) in [5.41, 5.74) is 2.76. The van der Waals surface area contributed by atoms with E-state index in [2.05, 4.69) is 20.8 Å². The van der Waals surface area contributed by atoms with Crippen LogP contribution in [0.3, 0.4) is 0 Å². The maximum absolute atomic E-state index is 13.1. The third-order valence-electron chi connectivity index (χ3n) is 4.10. The van der Waals surface area contributed by atoms with E-state index in [0.717, 1.165) is 38.3 Å². The highest BCUT2D eigenvalue weighted by Crippen LogP contribution is 2.31. The minimum absolute atomic E-state index is 0. The van der Waals surface area contributed by atoms with Crippen molar-refractivity contribution in [2.24, 2.45) is 0 Å². The Morgan fingerprint density at radius 3 is 2.48 bits per heavy atom. The number of aromatic nitrogens is 1. The summed E-state index contributed by atoms with van der Waals surface area (Å²) in [6.45, 7) is 3.59. The van der Waals surface area contributed by atoms with Gasteiger partial charge in [0.2, 0.25) is 0 Å². The first kappa shape index (κ1) is 21.8. The fourth-order valence-corrected chi connectivity index (χ4v) is 4.22. The van der Waals surface area contributed by atoms with Crippen molar-refractivity contribution in [3.8, 4) is 0 Å². The SMILES string of the molecule is Cc1ccc(C(=O)N(CCCN(C)C)c2nc3ccc(Br)cc3s2)cc1.Cl. The number of aryl methyl sites for hydroxylation is 1. The molecule has 27 heavy (non-hydrogen) atoms. The molecule has 0 aliphatic rings. The van der Waals surface area contributed by atoms with Crippen molar-refractivity contribution in [1.82, 2.24) is 9.88 Å². The summed E-state index contributed by atoms with van der Waals surface area (Å²) in [4.78, 5) is 21.8. The molecule has 2 aromatic carbocycles. The van der Waals surface area contributed by atoms with Crippen LogP contribution in [0, 0.1) is 6.92 Å². The number of benzene rings is 2. The minimum Gasteiger partial charge on any atom is -0.309 e. The molecule has 0 atom stereocenters. The quantitative estimate of drug-likeness (QED) is 0.487. The molecule has 0 aliphatic heterocycles. The van der Waals surface area contributed by atoms with Gasteiger partial charge in [0.25, 0.3) is 5.91 Å². The summed E-state index contributed by atoms with van der Waals surface area (Å²) >= 11 is 5.06. The van der Waals surface area contributed by atoms with Crippen molar-refractivity contribution in [2.45, 2.75) is 13.3 Å². The van der Waals surface area contributed by atoms with Crippen LogP contribution < -0.4 is 4.90 Å². The van der Waals surface area contributed by atoms with Gasteiger partial charge in [0.1, 0.15) is 0 Å². The maximum atomic E-state index is 13.1. The molecule has 3 aromatic rings. The zero-order valence-electron chi connectivity index (χ0n) is 15.6. The van der Waals surface area contributed by atoms with E-state index in [1.165, 1.54) is 0 Å². The lowest BCUT2D eigenvalue weighted by molar-refractivity contribution is 0.0986. The van der Waals surface area contributed by atoms with Crippen molar-refractivity contribution in [3.05, 3.63) is 58.1 Å². The number of hydrogen-bond acceptors (Lipinski definition) is 4. The molecule has 0 saturated carbocycles.